The molecule has 0 aromatic heterocycles. The first-order valence-electron chi connectivity index (χ1n) is 58.9. The second-order valence-electron chi connectivity index (χ2n) is 43.1. The molecule has 772 valence electrons. The molecule has 0 atom stereocenters. The standard InChI is InChI=1S/C140H168N4O4/c1-9-17-25-33-41-49-89-141(90-50-42-34-26-18-10-2)137(145)127-101-119-69-61-105-57-65-109-73-77-113-81-85-117-86-83-115-79-75-111-67-59-107(99-125(111)133(115)135(117)131(113)123(109)97-105)63-71-121-103-129(139(147)143(93-53-45-37-29-21-13-5)94-54-46-38-30-22-14-6)130(140(148)144(95-55-47-39-31-23-15-7)96-56-48-40-32-24-16-8)104-122(121)72-64-108-60-68-112-76-80-116-84-88-118-87-82-114-78-74-110-66-58-106(98-124(110)132(114)136(118)134(116)126(112)100-108)62-70-120(119)102-128(127)138(146)142(91-51-43-35-27-19-11-3)92-52-44-36-28-20-12-4/h57-60,65-68,73-88,97-104H,9-56,89-96H2,1-8H3. The molecule has 0 fully saturated rings. The Hall–Kier alpha value is -12.2. The second kappa shape index (κ2) is 58.1. The number of benzene rings is 14. The quantitative estimate of drug-likeness (QED) is 0.0281. The predicted molar refractivity (Wildman–Crippen MR) is 637 cm³/mol. The first kappa shape index (κ1) is 110. The van der Waals surface area contributed by atoms with Crippen LogP contribution in [0.5, 0.6) is 0 Å². The highest BCUT2D eigenvalue weighted by Gasteiger charge is 2.30. The molecule has 8 heteroatoms. The minimum Gasteiger partial charge on any atom is -0.339 e. The summed E-state index contributed by atoms with van der Waals surface area (Å²) in [7, 11) is 0. The van der Waals surface area contributed by atoms with Crippen molar-refractivity contribution in [3.05, 3.63) is 265 Å². The van der Waals surface area contributed by atoms with Gasteiger partial charge in [0.25, 0.3) is 23.6 Å². The van der Waals surface area contributed by atoms with Crippen LogP contribution in [0.4, 0.5) is 0 Å². The Morgan fingerprint density at radius 1 is 0.162 bits per heavy atom. The van der Waals surface area contributed by atoms with Crippen LogP contribution < -0.4 is 0 Å². The van der Waals surface area contributed by atoms with Crippen LogP contribution in [0.2, 0.25) is 0 Å². The average molecular weight is 1970 g/mol. The highest BCUT2D eigenvalue weighted by atomic mass is 16.2. The van der Waals surface area contributed by atoms with Gasteiger partial charge in [-0.1, -0.05) is 482 Å². The lowest BCUT2D eigenvalue weighted by Gasteiger charge is -2.27. The minimum atomic E-state index is -0.106. The van der Waals surface area contributed by atoms with Crippen LogP contribution in [-0.4, -0.2) is 95.6 Å². The molecule has 8 nitrogen and oxygen atoms in total. The van der Waals surface area contributed by atoms with E-state index in [2.05, 4.69) is 293 Å². The predicted octanol–water partition coefficient (Wildman–Crippen LogP) is 39.7. The van der Waals surface area contributed by atoms with E-state index in [0.717, 1.165) is 283 Å². The third kappa shape index (κ3) is 29.3. The number of hydrogen-bond donors (Lipinski definition) is 0. The largest absolute Gasteiger partial charge is 0.339 e. The molecule has 4 amide bonds. The molecule has 15 aromatic carbocycles. The summed E-state index contributed by atoms with van der Waals surface area (Å²) in [5.74, 6) is -0.426. The van der Waals surface area contributed by atoms with Gasteiger partial charge in [0, 0.05) is 95.4 Å². The van der Waals surface area contributed by atoms with Crippen molar-refractivity contribution in [1.29, 1.82) is 0 Å². The Morgan fingerprint density at radius 3 is 0.473 bits per heavy atom. The smallest absolute Gasteiger partial charge is 0.254 e. The first-order chi connectivity index (χ1) is 72.8. The van der Waals surface area contributed by atoms with Crippen molar-refractivity contribution in [2.24, 2.45) is 0 Å². The zero-order valence-corrected chi connectivity index (χ0v) is 91.5. The van der Waals surface area contributed by atoms with Gasteiger partial charge in [0.05, 0.1) is 22.3 Å². The summed E-state index contributed by atoms with van der Waals surface area (Å²) < 4.78 is 0. The first-order valence-corrected chi connectivity index (χ1v) is 58.9. The number of rotatable bonds is 60. The number of carbonyl (C=O) groups is 4. The van der Waals surface area contributed by atoms with Gasteiger partial charge in [-0.15, -0.1) is 0 Å². The second-order valence-corrected chi connectivity index (χ2v) is 43.1. The number of nitrogens with zero attached hydrogens (tertiary/aromatic N) is 4. The Morgan fingerprint density at radius 2 is 0.304 bits per heavy atom. The van der Waals surface area contributed by atoms with Gasteiger partial charge in [-0.25, -0.2) is 0 Å². The summed E-state index contributed by atoms with van der Waals surface area (Å²) in [5.41, 5.74) is 1.62. The molecule has 0 heterocycles. The van der Waals surface area contributed by atoms with E-state index in [1.807, 2.05) is 24.3 Å². The fourth-order valence-corrected chi connectivity index (χ4v) is 22.8. The van der Waals surface area contributed by atoms with Crippen LogP contribution in [0, 0.1) is 48.5 Å². The lowest BCUT2D eigenvalue weighted by Crippen LogP contribution is -2.37. The van der Waals surface area contributed by atoms with Gasteiger partial charge in [0.1, 0.15) is 0 Å². The van der Waals surface area contributed by atoms with Gasteiger partial charge in [0.15, 0.2) is 0 Å². The normalized spacial score (nSPS) is 11.6. The summed E-state index contributed by atoms with van der Waals surface area (Å²) in [4.78, 5) is 74.7. The molecular weight excluding hydrogens is 1800 g/mol. The van der Waals surface area contributed by atoms with Gasteiger partial charge < -0.3 is 19.6 Å². The molecule has 0 radical (unpaired) electrons. The lowest BCUT2D eigenvalue weighted by atomic mass is 9.90. The number of unbranched alkanes of at least 4 members (excludes halogenated alkanes) is 40. The zero-order valence-electron chi connectivity index (χ0n) is 91.5. The molecule has 0 aliphatic rings. The molecule has 8 bridgehead atoms. The number of fused-ring (bicyclic) bond motifs is 6. The Labute approximate surface area is 888 Å². The van der Waals surface area contributed by atoms with E-state index in [0.29, 0.717) is 96.2 Å². The average Bonchev–Trinajstić information content (AvgIpc) is 0.726. The van der Waals surface area contributed by atoms with Crippen molar-refractivity contribution >= 4 is 174 Å². The summed E-state index contributed by atoms with van der Waals surface area (Å²) in [5, 5.41) is 27.6. The minimum absolute atomic E-state index is 0.106. The van der Waals surface area contributed by atoms with Crippen molar-refractivity contribution < 1.29 is 19.2 Å². The maximum absolute atomic E-state index is 16.6. The number of hydrogen-bond acceptors (Lipinski definition) is 4. The lowest BCUT2D eigenvalue weighted by molar-refractivity contribution is 0.0710. The molecule has 15 aromatic rings. The molecule has 0 saturated carbocycles. The SMILES string of the molecule is CCCCCCCCN(CCCCCCCC)C(=O)c1cc2c#cc3ccc4ccc5ccc6ccc7ccc8ccc(c#cc9cc(C(=O)N(CCCCCCCC)CCCCCCCC)c(C(=O)N(CCCCCCCC)CCCCCCCC)cc9c#cc9ccc%10ccc%11ccc%12ccc%13ccc%14ccc(c#cc2cc1C(=O)N(CCCCCCCC)CCCCCCCC)cc%14c%13c%12c%11c%10c9)cc8c7c6c5c4c3. The van der Waals surface area contributed by atoms with Crippen molar-refractivity contribution in [2.45, 2.75) is 364 Å². The van der Waals surface area contributed by atoms with Gasteiger partial charge >= 0.3 is 0 Å². The molecule has 0 N–H and O–H groups in total. The number of carbonyl (C=O) groups excluding carboxylic acids is 4. The van der Waals surface area contributed by atoms with Gasteiger partial charge in [-0.05, 0) is 232 Å². The Balaban J connectivity index is 1.02. The van der Waals surface area contributed by atoms with E-state index >= 15 is 19.2 Å². The molecular formula is C140H168N4O4. The van der Waals surface area contributed by atoms with Crippen molar-refractivity contribution in [3.8, 4) is 0 Å². The monoisotopic (exact) mass is 1970 g/mol. The van der Waals surface area contributed by atoms with Gasteiger partial charge in [0.2, 0.25) is 0 Å². The van der Waals surface area contributed by atoms with Crippen LogP contribution in [-0.2, 0) is 0 Å². The van der Waals surface area contributed by atoms with Crippen LogP contribution in [0.15, 0.2) is 194 Å². The van der Waals surface area contributed by atoms with Crippen LogP contribution in [0.25, 0.3) is 151 Å². The number of amides is 4. The molecule has 15 rings (SSSR count). The molecule has 0 unspecified atom stereocenters. The third-order valence-corrected chi connectivity index (χ3v) is 31.6. The zero-order chi connectivity index (χ0) is 103. The van der Waals surface area contributed by atoms with Crippen molar-refractivity contribution in [3.63, 3.8) is 0 Å². The molecule has 148 heavy (non-hydrogen) atoms. The van der Waals surface area contributed by atoms with Crippen LogP contribution >= 0.6 is 0 Å². The summed E-state index contributed by atoms with van der Waals surface area (Å²) >= 11 is 0. The summed E-state index contributed by atoms with van der Waals surface area (Å²) in [6.45, 7) is 23.1. The van der Waals surface area contributed by atoms with Crippen molar-refractivity contribution in [2.75, 3.05) is 52.4 Å². The van der Waals surface area contributed by atoms with E-state index in [-0.39, 0.29) is 23.6 Å². The van der Waals surface area contributed by atoms with E-state index in [4.69, 9.17) is 0 Å². The highest BCUT2D eigenvalue weighted by Crippen LogP contribution is 2.44. The maximum Gasteiger partial charge on any atom is 0.254 e. The van der Waals surface area contributed by atoms with Gasteiger partial charge in [-0.3, -0.25) is 19.2 Å². The molecule has 0 aliphatic heterocycles. The highest BCUT2D eigenvalue weighted by molar-refractivity contribution is 6.34. The molecule has 0 spiro atoms. The fourth-order valence-electron chi connectivity index (χ4n) is 22.8. The van der Waals surface area contributed by atoms with Crippen LogP contribution in [0.3, 0.4) is 0 Å². The topological polar surface area (TPSA) is 81.2 Å². The Kier molecular flexibility index (Phi) is 43.2. The van der Waals surface area contributed by atoms with E-state index in [1.165, 1.54) is 154 Å². The molecule has 0 saturated heterocycles. The van der Waals surface area contributed by atoms with E-state index < -0.39 is 0 Å². The van der Waals surface area contributed by atoms with Gasteiger partial charge in [-0.2, -0.15) is 0 Å². The molecule has 0 aliphatic carbocycles. The van der Waals surface area contributed by atoms with E-state index in [1.54, 1.807) is 0 Å². The van der Waals surface area contributed by atoms with Crippen LogP contribution in [0.1, 0.15) is 405 Å². The Bertz CT molecular complexity index is 6220. The maximum atomic E-state index is 16.6. The van der Waals surface area contributed by atoms with E-state index in [9.17, 15) is 0 Å². The summed E-state index contributed by atoms with van der Waals surface area (Å²) in [6.07, 6.45) is 52.9. The third-order valence-electron chi connectivity index (χ3n) is 31.6. The summed E-state index contributed by atoms with van der Waals surface area (Å²) in [6, 6.07) is 101. The fraction of sp³-hybridized carbons (Fsp3) is 0.457. The van der Waals surface area contributed by atoms with Crippen molar-refractivity contribution in [1.82, 2.24) is 19.6 Å².